The summed E-state index contributed by atoms with van der Waals surface area (Å²) in [7, 11) is 0. The third-order valence-corrected chi connectivity index (χ3v) is 6.28. The average Bonchev–Trinajstić information content (AvgIpc) is 2.80. The van der Waals surface area contributed by atoms with Crippen molar-refractivity contribution >= 4 is 12.0 Å². The maximum atomic E-state index is 12.1. The second-order valence-corrected chi connectivity index (χ2v) is 7.46. The van der Waals surface area contributed by atoms with Gasteiger partial charge in [0.15, 0.2) is 0 Å². The largest absolute Gasteiger partial charge is 0.508 e. The van der Waals surface area contributed by atoms with Crippen LogP contribution in [0, 0.1) is 16.7 Å². The van der Waals surface area contributed by atoms with E-state index in [0.29, 0.717) is 5.92 Å². The highest BCUT2D eigenvalue weighted by Gasteiger charge is 2.62. The molecule has 3 rings (SSSR count). The van der Waals surface area contributed by atoms with E-state index in [0.717, 1.165) is 18.4 Å². The number of phenols is 1. The highest BCUT2D eigenvalue weighted by Crippen LogP contribution is 2.66. The third kappa shape index (κ3) is 2.33. The summed E-state index contributed by atoms with van der Waals surface area (Å²) in [4.78, 5) is 12.1. The molecule has 2 fully saturated rings. The van der Waals surface area contributed by atoms with Crippen LogP contribution in [-0.4, -0.2) is 17.2 Å². The molecular weight excluding hydrogens is 276 g/mol. The van der Waals surface area contributed by atoms with Crippen molar-refractivity contribution in [2.75, 3.05) is 0 Å². The number of carbonyl (C=O) groups excluding carboxylic acids is 1. The van der Waals surface area contributed by atoms with Gasteiger partial charge in [-0.05, 0) is 54.4 Å². The standard InChI is InChI=1S/C19H24O3/c1-18(2)14-10-11-19(18,3)16(12-14)22-17(21)9-6-13-4-7-15(20)8-5-13/h4-9,14,16,20H,10-12H2,1-3H3/b9-6+/t14-,16+,19+/m1/s1. The molecule has 2 saturated carbocycles. The first kappa shape index (κ1) is 15.1. The molecule has 3 nitrogen and oxygen atoms in total. The molecule has 0 radical (unpaired) electrons. The number of carbonyl (C=O) groups is 1. The summed E-state index contributed by atoms with van der Waals surface area (Å²) in [6, 6.07) is 6.73. The Morgan fingerprint density at radius 1 is 1.27 bits per heavy atom. The zero-order valence-corrected chi connectivity index (χ0v) is 13.5. The van der Waals surface area contributed by atoms with Crippen molar-refractivity contribution in [3.05, 3.63) is 35.9 Å². The molecule has 1 N–H and O–H groups in total. The van der Waals surface area contributed by atoms with E-state index in [4.69, 9.17) is 4.74 Å². The lowest BCUT2D eigenvalue weighted by Crippen LogP contribution is -2.38. The average molecular weight is 300 g/mol. The van der Waals surface area contributed by atoms with Crippen LogP contribution in [0.25, 0.3) is 6.08 Å². The maximum absolute atomic E-state index is 12.1. The smallest absolute Gasteiger partial charge is 0.331 e. The predicted molar refractivity (Wildman–Crippen MR) is 86.2 cm³/mol. The van der Waals surface area contributed by atoms with E-state index in [-0.39, 0.29) is 28.7 Å². The molecule has 3 heteroatoms. The number of phenolic OH excluding ortho intramolecular Hbond substituents is 1. The van der Waals surface area contributed by atoms with Crippen LogP contribution < -0.4 is 0 Å². The van der Waals surface area contributed by atoms with Gasteiger partial charge in [-0.1, -0.05) is 32.9 Å². The van der Waals surface area contributed by atoms with Gasteiger partial charge in [0, 0.05) is 11.5 Å². The van der Waals surface area contributed by atoms with Crippen LogP contribution in [0.2, 0.25) is 0 Å². The Balaban J connectivity index is 1.65. The fourth-order valence-corrected chi connectivity index (χ4v) is 4.24. The topological polar surface area (TPSA) is 46.5 Å². The Morgan fingerprint density at radius 3 is 2.50 bits per heavy atom. The van der Waals surface area contributed by atoms with E-state index < -0.39 is 0 Å². The highest BCUT2D eigenvalue weighted by atomic mass is 16.5. The van der Waals surface area contributed by atoms with E-state index in [1.54, 1.807) is 30.3 Å². The van der Waals surface area contributed by atoms with E-state index in [9.17, 15) is 9.90 Å². The van der Waals surface area contributed by atoms with Crippen LogP contribution in [0.1, 0.15) is 45.6 Å². The molecule has 2 aliphatic carbocycles. The number of hydrogen-bond donors (Lipinski definition) is 1. The van der Waals surface area contributed by atoms with Gasteiger partial charge >= 0.3 is 5.97 Å². The van der Waals surface area contributed by atoms with Gasteiger partial charge in [-0.3, -0.25) is 0 Å². The second kappa shape index (κ2) is 5.15. The summed E-state index contributed by atoms with van der Waals surface area (Å²) in [6.07, 6.45) is 6.61. The van der Waals surface area contributed by atoms with Crippen LogP contribution in [-0.2, 0) is 9.53 Å². The highest BCUT2D eigenvalue weighted by molar-refractivity contribution is 5.87. The Bertz CT molecular complexity index is 600. The van der Waals surface area contributed by atoms with Crippen LogP contribution >= 0.6 is 0 Å². The van der Waals surface area contributed by atoms with E-state index in [1.165, 1.54) is 12.5 Å². The van der Waals surface area contributed by atoms with E-state index in [2.05, 4.69) is 20.8 Å². The van der Waals surface area contributed by atoms with Crippen molar-refractivity contribution in [1.29, 1.82) is 0 Å². The first-order valence-electron chi connectivity index (χ1n) is 8.01. The number of benzene rings is 1. The Morgan fingerprint density at radius 2 is 1.95 bits per heavy atom. The molecule has 118 valence electrons. The molecule has 1 aromatic rings. The fourth-order valence-electron chi connectivity index (χ4n) is 4.24. The van der Waals surface area contributed by atoms with Crippen molar-refractivity contribution < 1.29 is 14.6 Å². The Kier molecular flexibility index (Phi) is 3.54. The van der Waals surface area contributed by atoms with Gasteiger partial charge in [-0.25, -0.2) is 4.79 Å². The van der Waals surface area contributed by atoms with Gasteiger partial charge in [-0.15, -0.1) is 0 Å². The lowest BCUT2D eigenvalue weighted by Gasteiger charge is -2.38. The lowest BCUT2D eigenvalue weighted by atomic mass is 9.70. The second-order valence-electron chi connectivity index (χ2n) is 7.46. The van der Waals surface area contributed by atoms with Crippen molar-refractivity contribution in [2.24, 2.45) is 16.7 Å². The molecule has 0 heterocycles. The monoisotopic (exact) mass is 300 g/mol. The van der Waals surface area contributed by atoms with Gasteiger partial charge in [0.05, 0.1) is 0 Å². The van der Waals surface area contributed by atoms with Gasteiger partial charge in [0.1, 0.15) is 11.9 Å². The molecule has 0 unspecified atom stereocenters. The minimum Gasteiger partial charge on any atom is -0.508 e. The molecule has 2 aliphatic rings. The molecule has 3 atom stereocenters. The molecule has 1 aromatic carbocycles. The zero-order valence-electron chi connectivity index (χ0n) is 13.5. The number of hydrogen-bond acceptors (Lipinski definition) is 3. The summed E-state index contributed by atoms with van der Waals surface area (Å²) >= 11 is 0. The number of aromatic hydroxyl groups is 1. The molecule has 2 bridgehead atoms. The number of ether oxygens (including phenoxy) is 1. The summed E-state index contributed by atoms with van der Waals surface area (Å²) < 4.78 is 5.75. The van der Waals surface area contributed by atoms with Gasteiger partial charge < -0.3 is 9.84 Å². The minimum atomic E-state index is -0.275. The minimum absolute atomic E-state index is 0.0261. The normalized spacial score (nSPS) is 32.5. The van der Waals surface area contributed by atoms with Crippen molar-refractivity contribution in [2.45, 2.75) is 46.1 Å². The summed E-state index contributed by atoms with van der Waals surface area (Å²) in [5, 5.41) is 9.25. The lowest BCUT2D eigenvalue weighted by molar-refractivity contribution is -0.150. The summed E-state index contributed by atoms with van der Waals surface area (Å²) in [5.41, 5.74) is 1.22. The van der Waals surface area contributed by atoms with E-state index in [1.807, 2.05) is 0 Å². The van der Waals surface area contributed by atoms with Crippen molar-refractivity contribution in [3.8, 4) is 5.75 Å². The Hall–Kier alpha value is -1.77. The first-order valence-corrected chi connectivity index (χ1v) is 8.01. The third-order valence-electron chi connectivity index (χ3n) is 6.28. The van der Waals surface area contributed by atoms with E-state index >= 15 is 0 Å². The summed E-state index contributed by atoms with van der Waals surface area (Å²) in [5.74, 6) is 0.607. The van der Waals surface area contributed by atoms with Crippen molar-refractivity contribution in [1.82, 2.24) is 0 Å². The molecule has 22 heavy (non-hydrogen) atoms. The zero-order chi connectivity index (χ0) is 16.0. The fraction of sp³-hybridized carbons (Fsp3) is 0.526. The number of rotatable bonds is 3. The molecule has 0 spiro atoms. The predicted octanol–water partition coefficient (Wildman–Crippen LogP) is 4.16. The molecule has 0 aromatic heterocycles. The van der Waals surface area contributed by atoms with Crippen molar-refractivity contribution in [3.63, 3.8) is 0 Å². The molecular formula is C19H24O3. The van der Waals surface area contributed by atoms with Crippen LogP contribution in [0.15, 0.2) is 30.3 Å². The molecule has 0 amide bonds. The van der Waals surface area contributed by atoms with Gasteiger partial charge in [0.25, 0.3) is 0 Å². The van der Waals surface area contributed by atoms with Crippen LogP contribution in [0.3, 0.4) is 0 Å². The number of fused-ring (bicyclic) bond motifs is 2. The number of esters is 1. The van der Waals surface area contributed by atoms with Crippen LogP contribution in [0.4, 0.5) is 0 Å². The Labute approximate surface area is 132 Å². The molecule has 0 saturated heterocycles. The van der Waals surface area contributed by atoms with Crippen LogP contribution in [0.5, 0.6) is 5.75 Å². The SMILES string of the molecule is CC1(C)[C@@H]2CC[C@@]1(C)[C@@H](OC(=O)/C=C/c1ccc(O)cc1)C2. The summed E-state index contributed by atoms with van der Waals surface area (Å²) in [6.45, 7) is 6.89. The van der Waals surface area contributed by atoms with Gasteiger partial charge in [-0.2, -0.15) is 0 Å². The quantitative estimate of drug-likeness (QED) is 0.673. The van der Waals surface area contributed by atoms with Gasteiger partial charge in [0.2, 0.25) is 0 Å². The first-order chi connectivity index (χ1) is 10.3. The maximum Gasteiger partial charge on any atom is 0.331 e. The molecule has 0 aliphatic heterocycles.